The zero-order valence-corrected chi connectivity index (χ0v) is 19.5. The summed E-state index contributed by atoms with van der Waals surface area (Å²) in [5.74, 6) is 1.78. The Balaban J connectivity index is 1.64. The van der Waals surface area contributed by atoms with Crippen LogP contribution in [0.2, 0.25) is 0 Å². The third-order valence-electron chi connectivity index (χ3n) is 4.63. The molecule has 0 amide bonds. The molecule has 0 aromatic heterocycles. The summed E-state index contributed by atoms with van der Waals surface area (Å²) in [4.78, 5) is 0. The summed E-state index contributed by atoms with van der Waals surface area (Å²) in [5, 5.41) is 7.82. The van der Waals surface area contributed by atoms with Gasteiger partial charge in [0.05, 0.1) is 19.4 Å². The van der Waals surface area contributed by atoms with E-state index in [4.69, 9.17) is 21.7 Å². The van der Waals surface area contributed by atoms with Gasteiger partial charge in [0, 0.05) is 6.54 Å². The molecular weight excluding hydrogens is 406 g/mol. The summed E-state index contributed by atoms with van der Waals surface area (Å²) in [6.45, 7) is 6.45. The van der Waals surface area contributed by atoms with Crippen molar-refractivity contribution in [2.24, 2.45) is 5.10 Å². The highest BCUT2D eigenvalue weighted by Crippen LogP contribution is 2.13. The van der Waals surface area contributed by atoms with Crippen molar-refractivity contribution in [2.75, 3.05) is 13.2 Å². The van der Waals surface area contributed by atoms with Gasteiger partial charge in [-0.05, 0) is 72.6 Å². The Morgan fingerprint density at radius 1 is 0.839 bits per heavy atom. The molecule has 0 bridgehead atoms. The topological polar surface area (TPSA) is 54.9 Å². The highest BCUT2D eigenvalue weighted by atomic mass is 32.1. The molecule has 6 heteroatoms. The molecule has 0 aliphatic rings. The maximum absolute atomic E-state index is 5.79. The molecule has 0 aliphatic carbocycles. The van der Waals surface area contributed by atoms with Gasteiger partial charge < -0.3 is 14.8 Å². The van der Waals surface area contributed by atoms with Crippen LogP contribution in [0.15, 0.2) is 53.6 Å². The summed E-state index contributed by atoms with van der Waals surface area (Å²) in [7, 11) is 0. The average molecular weight is 442 g/mol. The van der Waals surface area contributed by atoms with E-state index >= 15 is 0 Å². The van der Waals surface area contributed by atoms with Gasteiger partial charge in [-0.1, -0.05) is 51.7 Å². The Kier molecular flexibility index (Phi) is 12.1. The van der Waals surface area contributed by atoms with E-state index in [1.165, 1.54) is 25.7 Å². The van der Waals surface area contributed by atoms with Crippen LogP contribution >= 0.6 is 12.2 Å². The Labute approximate surface area is 192 Å². The molecule has 2 N–H and O–H groups in total. The van der Waals surface area contributed by atoms with Crippen LogP contribution in [0.25, 0.3) is 0 Å². The molecule has 0 aliphatic heterocycles. The molecule has 5 nitrogen and oxygen atoms in total. The van der Waals surface area contributed by atoms with E-state index in [0.717, 1.165) is 48.7 Å². The van der Waals surface area contributed by atoms with Gasteiger partial charge in [0.1, 0.15) is 11.5 Å². The Bertz CT molecular complexity index is 776. The number of ether oxygens (including phenoxy) is 2. The molecular formula is C25H35N3O2S. The van der Waals surface area contributed by atoms with Gasteiger partial charge >= 0.3 is 0 Å². The van der Waals surface area contributed by atoms with E-state index in [-0.39, 0.29) is 0 Å². The predicted octanol–water partition coefficient (Wildman–Crippen LogP) is 5.82. The molecule has 0 spiro atoms. The standard InChI is InChI=1S/C25H35N3O2S/c1-3-5-6-7-8-18-30-24-15-11-22(12-16-24)20-27-28-25(31)26-19-21-9-13-23(14-10-21)29-17-4-2/h9-16,20H,3-8,17-19H2,1-2H3,(H2,26,28,31). The van der Waals surface area contributed by atoms with Crippen LogP contribution in [-0.2, 0) is 6.54 Å². The quantitative estimate of drug-likeness (QED) is 0.167. The van der Waals surface area contributed by atoms with E-state index in [1.54, 1.807) is 6.21 Å². The van der Waals surface area contributed by atoms with Gasteiger partial charge in [0.25, 0.3) is 0 Å². The van der Waals surface area contributed by atoms with E-state index in [1.807, 2.05) is 48.5 Å². The maximum atomic E-state index is 5.79. The van der Waals surface area contributed by atoms with Crippen LogP contribution in [0, 0.1) is 0 Å². The van der Waals surface area contributed by atoms with Gasteiger partial charge in [-0.3, -0.25) is 5.43 Å². The van der Waals surface area contributed by atoms with Crippen LogP contribution in [0.5, 0.6) is 11.5 Å². The van der Waals surface area contributed by atoms with Crippen molar-refractivity contribution in [3.8, 4) is 11.5 Å². The molecule has 0 saturated carbocycles. The van der Waals surface area contributed by atoms with Crippen molar-refractivity contribution in [1.82, 2.24) is 10.7 Å². The number of unbranched alkanes of at least 4 members (excludes halogenated alkanes) is 4. The van der Waals surface area contributed by atoms with Crippen LogP contribution in [0.3, 0.4) is 0 Å². The molecule has 168 valence electrons. The van der Waals surface area contributed by atoms with Gasteiger partial charge in [-0.15, -0.1) is 0 Å². The first kappa shape index (κ1) is 24.7. The van der Waals surface area contributed by atoms with Gasteiger partial charge in [0.2, 0.25) is 0 Å². The summed E-state index contributed by atoms with van der Waals surface area (Å²) in [6.07, 6.45) is 8.94. The maximum Gasteiger partial charge on any atom is 0.187 e. The Morgan fingerprint density at radius 2 is 1.48 bits per heavy atom. The zero-order chi connectivity index (χ0) is 22.2. The monoisotopic (exact) mass is 441 g/mol. The minimum absolute atomic E-state index is 0.477. The first-order valence-corrected chi connectivity index (χ1v) is 11.6. The first-order chi connectivity index (χ1) is 15.2. The van der Waals surface area contributed by atoms with Crippen molar-refractivity contribution >= 4 is 23.5 Å². The van der Waals surface area contributed by atoms with E-state index in [2.05, 4.69) is 29.7 Å². The highest BCUT2D eigenvalue weighted by molar-refractivity contribution is 7.80. The lowest BCUT2D eigenvalue weighted by molar-refractivity contribution is 0.304. The SMILES string of the molecule is CCCCCCCOc1ccc(C=NNC(=S)NCc2ccc(OCCC)cc2)cc1. The number of hydrogen-bond donors (Lipinski definition) is 2. The van der Waals surface area contributed by atoms with Crippen molar-refractivity contribution < 1.29 is 9.47 Å². The molecule has 0 unspecified atom stereocenters. The predicted molar refractivity (Wildman–Crippen MR) is 133 cm³/mol. The normalized spacial score (nSPS) is 10.8. The minimum atomic E-state index is 0.477. The fourth-order valence-corrected chi connectivity index (χ4v) is 2.98. The van der Waals surface area contributed by atoms with Gasteiger partial charge in [0.15, 0.2) is 5.11 Å². The van der Waals surface area contributed by atoms with Crippen LogP contribution < -0.4 is 20.2 Å². The van der Waals surface area contributed by atoms with Crippen molar-refractivity contribution in [3.05, 3.63) is 59.7 Å². The highest BCUT2D eigenvalue weighted by Gasteiger charge is 1.98. The molecule has 2 aromatic rings. The number of benzene rings is 2. The third kappa shape index (κ3) is 10.8. The number of rotatable bonds is 14. The van der Waals surface area contributed by atoms with Crippen molar-refractivity contribution in [2.45, 2.75) is 58.9 Å². The summed E-state index contributed by atoms with van der Waals surface area (Å²) < 4.78 is 11.4. The second-order valence-electron chi connectivity index (χ2n) is 7.38. The average Bonchev–Trinajstić information content (AvgIpc) is 2.80. The molecule has 2 aromatic carbocycles. The van der Waals surface area contributed by atoms with E-state index in [9.17, 15) is 0 Å². The second kappa shape index (κ2) is 15.2. The second-order valence-corrected chi connectivity index (χ2v) is 7.79. The first-order valence-electron chi connectivity index (χ1n) is 11.2. The third-order valence-corrected chi connectivity index (χ3v) is 4.86. The molecule has 0 heterocycles. The van der Waals surface area contributed by atoms with Gasteiger partial charge in [-0.2, -0.15) is 5.10 Å². The minimum Gasteiger partial charge on any atom is -0.494 e. The van der Waals surface area contributed by atoms with Crippen LogP contribution in [-0.4, -0.2) is 24.5 Å². The Morgan fingerprint density at radius 3 is 2.16 bits per heavy atom. The molecule has 2 rings (SSSR count). The molecule has 0 saturated heterocycles. The number of nitrogens with one attached hydrogen (secondary N) is 2. The molecule has 31 heavy (non-hydrogen) atoms. The lowest BCUT2D eigenvalue weighted by atomic mass is 10.2. The van der Waals surface area contributed by atoms with E-state index < -0.39 is 0 Å². The van der Waals surface area contributed by atoms with E-state index in [0.29, 0.717) is 11.7 Å². The number of thiocarbonyl (C=S) groups is 1. The molecule has 0 atom stereocenters. The molecule has 0 radical (unpaired) electrons. The van der Waals surface area contributed by atoms with Crippen LogP contribution in [0.4, 0.5) is 0 Å². The van der Waals surface area contributed by atoms with Crippen molar-refractivity contribution in [1.29, 1.82) is 0 Å². The lowest BCUT2D eigenvalue weighted by Crippen LogP contribution is -2.31. The summed E-state index contributed by atoms with van der Waals surface area (Å²) >= 11 is 5.28. The lowest BCUT2D eigenvalue weighted by Gasteiger charge is -2.09. The van der Waals surface area contributed by atoms with Crippen molar-refractivity contribution in [3.63, 3.8) is 0 Å². The zero-order valence-electron chi connectivity index (χ0n) is 18.7. The number of hydrazone groups is 1. The smallest absolute Gasteiger partial charge is 0.187 e. The summed E-state index contributed by atoms with van der Waals surface area (Å²) in [6, 6.07) is 15.9. The fourth-order valence-electron chi connectivity index (χ4n) is 2.86. The molecule has 0 fully saturated rings. The number of hydrogen-bond acceptors (Lipinski definition) is 4. The number of nitrogens with zero attached hydrogens (tertiary/aromatic N) is 1. The van der Waals surface area contributed by atoms with Crippen LogP contribution in [0.1, 0.15) is 63.5 Å². The largest absolute Gasteiger partial charge is 0.494 e. The fraction of sp³-hybridized carbons (Fsp3) is 0.440. The Hall–Kier alpha value is -2.60. The summed E-state index contributed by atoms with van der Waals surface area (Å²) in [5.41, 5.74) is 4.95. The van der Waals surface area contributed by atoms with Gasteiger partial charge in [-0.25, -0.2) is 0 Å².